The van der Waals surface area contributed by atoms with Gasteiger partial charge >= 0.3 is 0 Å². The number of halogens is 1. The second kappa shape index (κ2) is 9.05. The zero-order valence-corrected chi connectivity index (χ0v) is 18.5. The third kappa shape index (κ3) is 4.39. The summed E-state index contributed by atoms with van der Waals surface area (Å²) in [5.41, 5.74) is 2.83. The number of amides is 2. The van der Waals surface area contributed by atoms with E-state index in [0.717, 1.165) is 16.8 Å². The van der Waals surface area contributed by atoms with Crippen LogP contribution >= 0.6 is 0 Å². The Morgan fingerprint density at radius 3 is 2.76 bits per heavy atom. The highest BCUT2D eigenvalue weighted by atomic mass is 19.1. The van der Waals surface area contributed by atoms with Gasteiger partial charge in [-0.05, 0) is 42.0 Å². The number of rotatable bonds is 6. The van der Waals surface area contributed by atoms with Crippen LogP contribution in [0.5, 0.6) is 17.2 Å². The summed E-state index contributed by atoms with van der Waals surface area (Å²) >= 11 is 0. The first-order valence-corrected chi connectivity index (χ1v) is 10.9. The van der Waals surface area contributed by atoms with E-state index in [1.165, 1.54) is 24.3 Å². The average molecular weight is 466 g/mol. The normalized spacial score (nSPS) is 14.0. The van der Waals surface area contributed by atoms with E-state index in [2.05, 4.69) is 10.4 Å². The van der Waals surface area contributed by atoms with Crippen molar-refractivity contribution in [3.63, 3.8) is 0 Å². The van der Waals surface area contributed by atoms with Crippen molar-refractivity contribution in [2.24, 2.45) is 7.05 Å². The molecular formula is C24H23FN4O5. The van der Waals surface area contributed by atoms with Gasteiger partial charge in [0.2, 0.25) is 6.79 Å². The van der Waals surface area contributed by atoms with E-state index in [9.17, 15) is 14.0 Å². The number of carbonyl (C=O) groups is 2. The van der Waals surface area contributed by atoms with Crippen molar-refractivity contribution in [1.82, 2.24) is 20.0 Å². The number of hydrogen-bond acceptors (Lipinski definition) is 6. The first-order valence-electron chi connectivity index (χ1n) is 10.9. The van der Waals surface area contributed by atoms with E-state index in [-0.39, 0.29) is 37.6 Å². The van der Waals surface area contributed by atoms with Gasteiger partial charge < -0.3 is 24.4 Å². The van der Waals surface area contributed by atoms with Crippen molar-refractivity contribution >= 4 is 11.8 Å². The summed E-state index contributed by atoms with van der Waals surface area (Å²) in [7, 11) is 1.79. The Balaban J connectivity index is 1.23. The number of hydrogen-bond donors (Lipinski definition) is 1. The monoisotopic (exact) mass is 466 g/mol. The molecule has 0 spiro atoms. The Morgan fingerprint density at radius 1 is 1.15 bits per heavy atom. The maximum Gasteiger partial charge on any atom is 0.272 e. The Morgan fingerprint density at radius 2 is 1.94 bits per heavy atom. The van der Waals surface area contributed by atoms with Crippen LogP contribution in [0, 0.1) is 5.82 Å². The minimum absolute atomic E-state index is 0.174. The molecule has 0 fully saturated rings. The van der Waals surface area contributed by atoms with Gasteiger partial charge in [-0.2, -0.15) is 5.10 Å². The molecule has 176 valence electrons. The molecule has 2 aromatic carbocycles. The third-order valence-electron chi connectivity index (χ3n) is 5.88. The van der Waals surface area contributed by atoms with Crippen LogP contribution in [0.3, 0.4) is 0 Å². The van der Waals surface area contributed by atoms with E-state index in [1.807, 2.05) is 18.2 Å². The van der Waals surface area contributed by atoms with Gasteiger partial charge in [-0.15, -0.1) is 0 Å². The summed E-state index contributed by atoms with van der Waals surface area (Å²) in [4.78, 5) is 27.3. The van der Waals surface area contributed by atoms with Crippen molar-refractivity contribution in [3.8, 4) is 17.2 Å². The maximum atomic E-state index is 13.0. The molecule has 0 unspecified atom stereocenters. The summed E-state index contributed by atoms with van der Waals surface area (Å²) in [6.45, 7) is 1.08. The molecule has 0 saturated heterocycles. The second-order valence-electron chi connectivity index (χ2n) is 8.08. The molecule has 3 aromatic rings. The fourth-order valence-corrected chi connectivity index (χ4v) is 4.07. The lowest BCUT2D eigenvalue weighted by atomic mass is 10.0. The minimum atomic E-state index is -0.372. The van der Waals surface area contributed by atoms with Gasteiger partial charge in [0.1, 0.15) is 11.6 Å². The maximum absolute atomic E-state index is 13.0. The summed E-state index contributed by atoms with van der Waals surface area (Å²) < 4.78 is 30.9. The molecule has 2 amide bonds. The van der Waals surface area contributed by atoms with E-state index in [1.54, 1.807) is 16.6 Å². The van der Waals surface area contributed by atoms with E-state index in [0.29, 0.717) is 42.5 Å². The number of aryl methyl sites for hydroxylation is 1. The third-order valence-corrected chi connectivity index (χ3v) is 5.88. The first kappa shape index (κ1) is 21.7. The van der Waals surface area contributed by atoms with Crippen molar-refractivity contribution in [2.45, 2.75) is 19.5 Å². The molecule has 1 aromatic heterocycles. The van der Waals surface area contributed by atoms with Crippen LogP contribution in [0.25, 0.3) is 0 Å². The standard InChI is InChI=1S/C24H23FN4O5/c1-28-19-8-9-29(22(30)13-32-17-5-3-16(25)4-6-17)12-18(19)23(27-28)24(31)26-11-15-2-7-20-21(10-15)34-14-33-20/h2-7,10H,8-9,11-14H2,1H3,(H,26,31). The zero-order chi connectivity index (χ0) is 23.7. The highest BCUT2D eigenvalue weighted by molar-refractivity contribution is 5.94. The average Bonchev–Trinajstić information content (AvgIpc) is 3.45. The lowest BCUT2D eigenvalue weighted by Gasteiger charge is -2.27. The van der Waals surface area contributed by atoms with Crippen LogP contribution in [0.2, 0.25) is 0 Å². The predicted molar refractivity (Wildman–Crippen MR) is 118 cm³/mol. The van der Waals surface area contributed by atoms with E-state index < -0.39 is 0 Å². The Hall–Kier alpha value is -4.08. The summed E-state index contributed by atoms with van der Waals surface area (Å²) in [5.74, 6) is 0.846. The van der Waals surface area contributed by atoms with Crippen molar-refractivity contribution < 1.29 is 28.2 Å². The SMILES string of the molecule is Cn1nc(C(=O)NCc2ccc3c(c2)OCO3)c2c1CCN(C(=O)COc1ccc(F)cc1)C2. The smallest absolute Gasteiger partial charge is 0.272 e. The second-order valence-corrected chi connectivity index (χ2v) is 8.08. The topological polar surface area (TPSA) is 94.9 Å². The van der Waals surface area contributed by atoms with Gasteiger partial charge in [-0.1, -0.05) is 6.07 Å². The molecule has 5 rings (SSSR count). The molecule has 10 heteroatoms. The summed E-state index contributed by atoms with van der Waals surface area (Å²) in [6.07, 6.45) is 0.580. The molecule has 2 aliphatic heterocycles. The van der Waals surface area contributed by atoms with Crippen molar-refractivity contribution in [1.29, 1.82) is 0 Å². The zero-order valence-electron chi connectivity index (χ0n) is 18.5. The number of fused-ring (bicyclic) bond motifs is 2. The predicted octanol–water partition coefficient (Wildman–Crippen LogP) is 2.18. The number of nitrogens with one attached hydrogen (secondary N) is 1. The molecule has 9 nitrogen and oxygen atoms in total. The lowest BCUT2D eigenvalue weighted by Crippen LogP contribution is -2.39. The van der Waals surface area contributed by atoms with Crippen LogP contribution in [-0.2, 0) is 31.4 Å². The molecule has 0 saturated carbocycles. The minimum Gasteiger partial charge on any atom is -0.484 e. The van der Waals surface area contributed by atoms with E-state index >= 15 is 0 Å². The van der Waals surface area contributed by atoms with Gasteiger partial charge in [0.25, 0.3) is 11.8 Å². The molecule has 3 heterocycles. The molecule has 2 aliphatic rings. The highest BCUT2D eigenvalue weighted by Crippen LogP contribution is 2.32. The Labute approximate surface area is 195 Å². The van der Waals surface area contributed by atoms with Gasteiger partial charge in [-0.3, -0.25) is 14.3 Å². The molecular weight excluding hydrogens is 443 g/mol. The molecule has 0 aliphatic carbocycles. The number of carbonyl (C=O) groups excluding carboxylic acids is 2. The first-order chi connectivity index (χ1) is 16.5. The van der Waals surface area contributed by atoms with Crippen LogP contribution in [0.4, 0.5) is 4.39 Å². The number of aromatic nitrogens is 2. The highest BCUT2D eigenvalue weighted by Gasteiger charge is 2.29. The van der Waals surface area contributed by atoms with Crippen molar-refractivity contribution in [2.75, 3.05) is 19.9 Å². The van der Waals surface area contributed by atoms with Gasteiger partial charge in [0.15, 0.2) is 23.8 Å². The fraction of sp³-hybridized carbons (Fsp3) is 0.292. The number of benzene rings is 2. The fourth-order valence-electron chi connectivity index (χ4n) is 4.07. The summed E-state index contributed by atoms with van der Waals surface area (Å²) in [5, 5.41) is 7.31. The van der Waals surface area contributed by atoms with Crippen molar-refractivity contribution in [3.05, 3.63) is 70.8 Å². The lowest BCUT2D eigenvalue weighted by molar-refractivity contribution is -0.134. The van der Waals surface area contributed by atoms with Crippen LogP contribution in [-0.4, -0.2) is 46.4 Å². The molecule has 1 N–H and O–H groups in total. The van der Waals surface area contributed by atoms with Gasteiger partial charge in [-0.25, -0.2) is 4.39 Å². The quantitative estimate of drug-likeness (QED) is 0.599. The molecule has 0 radical (unpaired) electrons. The van der Waals surface area contributed by atoms with Crippen LogP contribution in [0.1, 0.15) is 27.3 Å². The molecule has 34 heavy (non-hydrogen) atoms. The van der Waals surface area contributed by atoms with Crippen LogP contribution in [0.15, 0.2) is 42.5 Å². The number of nitrogens with zero attached hydrogens (tertiary/aromatic N) is 3. The molecule has 0 bridgehead atoms. The largest absolute Gasteiger partial charge is 0.484 e. The number of ether oxygens (including phenoxy) is 3. The Bertz CT molecular complexity index is 1240. The molecule has 0 atom stereocenters. The van der Waals surface area contributed by atoms with E-state index in [4.69, 9.17) is 14.2 Å². The Kier molecular flexibility index (Phi) is 5.79. The summed E-state index contributed by atoms with van der Waals surface area (Å²) in [6, 6.07) is 11.0. The van der Waals surface area contributed by atoms with Crippen LogP contribution < -0.4 is 19.5 Å². The van der Waals surface area contributed by atoms with Gasteiger partial charge in [0.05, 0.1) is 0 Å². The van der Waals surface area contributed by atoms with Gasteiger partial charge in [0, 0.05) is 44.4 Å².